The molecule has 0 aliphatic heterocycles. The Morgan fingerprint density at radius 1 is 1.25 bits per heavy atom. The summed E-state index contributed by atoms with van der Waals surface area (Å²) in [6.45, 7) is 1.88. The molecule has 1 amide bonds. The monoisotopic (exact) mass is 405 g/mol. The third-order valence-corrected chi connectivity index (χ3v) is 5.19. The van der Waals surface area contributed by atoms with Crippen molar-refractivity contribution in [2.45, 2.75) is 51.5 Å². The molecule has 150 valence electrons. The van der Waals surface area contributed by atoms with Crippen LogP contribution in [-0.2, 0) is 20.7 Å². The maximum atomic E-state index is 12.0. The number of aromatic nitrogens is 2. The van der Waals surface area contributed by atoms with Crippen molar-refractivity contribution in [2.75, 3.05) is 6.61 Å². The van der Waals surface area contributed by atoms with Gasteiger partial charge in [0.1, 0.15) is 0 Å². The molecule has 8 heteroatoms. The number of ether oxygens (including phenoxy) is 1. The van der Waals surface area contributed by atoms with Gasteiger partial charge in [-0.1, -0.05) is 36.5 Å². The number of nitrogens with zero attached hydrogens (tertiary/aromatic N) is 2. The van der Waals surface area contributed by atoms with Gasteiger partial charge >= 0.3 is 5.97 Å². The highest BCUT2D eigenvalue weighted by Crippen LogP contribution is 2.23. The molecule has 3 rings (SSSR count). The minimum atomic E-state index is -0.474. The summed E-state index contributed by atoms with van der Waals surface area (Å²) in [5.41, 5.74) is 0.774. The van der Waals surface area contributed by atoms with Crippen molar-refractivity contribution in [2.24, 2.45) is 5.92 Å². The third-order valence-electron chi connectivity index (χ3n) is 4.94. The molecule has 0 spiro atoms. The Morgan fingerprint density at radius 3 is 2.75 bits per heavy atom. The van der Waals surface area contributed by atoms with Gasteiger partial charge in [0.25, 0.3) is 5.91 Å². The molecule has 0 unspecified atom stereocenters. The smallest absolute Gasteiger partial charge is 0.306 e. The van der Waals surface area contributed by atoms with Crippen LogP contribution in [-0.4, -0.2) is 34.7 Å². The topological polar surface area (TPSA) is 94.3 Å². The fraction of sp³-hybridized carbons (Fsp3) is 0.500. The third kappa shape index (κ3) is 5.79. The van der Waals surface area contributed by atoms with E-state index in [0.717, 1.165) is 24.8 Å². The number of carbonyl (C=O) groups excluding carboxylic acids is 2. The Balaban J connectivity index is 1.39. The van der Waals surface area contributed by atoms with Gasteiger partial charge in [0, 0.05) is 23.0 Å². The Morgan fingerprint density at radius 2 is 2.00 bits per heavy atom. The Hall–Kier alpha value is -2.41. The quantitative estimate of drug-likeness (QED) is 0.708. The molecule has 0 saturated heterocycles. The van der Waals surface area contributed by atoms with E-state index in [9.17, 15) is 9.59 Å². The van der Waals surface area contributed by atoms with E-state index in [-0.39, 0.29) is 31.4 Å². The zero-order valence-corrected chi connectivity index (χ0v) is 16.6. The van der Waals surface area contributed by atoms with Gasteiger partial charge in [-0.15, -0.1) is 0 Å². The molecule has 1 N–H and O–H groups in total. The van der Waals surface area contributed by atoms with Gasteiger partial charge < -0.3 is 14.6 Å². The number of halogens is 1. The van der Waals surface area contributed by atoms with Crippen LogP contribution >= 0.6 is 11.6 Å². The molecule has 1 heterocycles. The van der Waals surface area contributed by atoms with Crippen molar-refractivity contribution in [3.8, 4) is 11.4 Å². The van der Waals surface area contributed by atoms with E-state index in [0.29, 0.717) is 22.7 Å². The zero-order valence-electron chi connectivity index (χ0n) is 15.8. The summed E-state index contributed by atoms with van der Waals surface area (Å²) in [6, 6.07) is 7.23. The maximum absolute atomic E-state index is 12.0. The number of amides is 1. The molecule has 7 nitrogen and oxygen atoms in total. The molecule has 28 heavy (non-hydrogen) atoms. The normalized spacial score (nSPS) is 19.2. The van der Waals surface area contributed by atoms with Gasteiger partial charge in [-0.2, -0.15) is 4.98 Å². The van der Waals surface area contributed by atoms with Crippen LogP contribution in [0.2, 0.25) is 5.02 Å². The van der Waals surface area contributed by atoms with Crippen LogP contribution in [0.15, 0.2) is 28.8 Å². The van der Waals surface area contributed by atoms with Crippen molar-refractivity contribution in [1.82, 2.24) is 15.5 Å². The van der Waals surface area contributed by atoms with Crippen molar-refractivity contribution in [3.63, 3.8) is 0 Å². The molecular formula is C20H24ClN3O4. The number of rotatable bonds is 7. The first-order valence-electron chi connectivity index (χ1n) is 9.55. The lowest BCUT2D eigenvalue weighted by molar-refractivity contribution is -0.148. The van der Waals surface area contributed by atoms with Gasteiger partial charge in [0.2, 0.25) is 11.7 Å². The molecular weight excluding hydrogens is 382 g/mol. The summed E-state index contributed by atoms with van der Waals surface area (Å²) in [4.78, 5) is 28.1. The maximum Gasteiger partial charge on any atom is 0.306 e. The number of hydrogen-bond donors (Lipinski definition) is 1. The van der Waals surface area contributed by atoms with Crippen molar-refractivity contribution < 1.29 is 18.8 Å². The fourth-order valence-corrected chi connectivity index (χ4v) is 3.40. The van der Waals surface area contributed by atoms with Crippen LogP contribution < -0.4 is 5.32 Å². The van der Waals surface area contributed by atoms with Crippen molar-refractivity contribution in [3.05, 3.63) is 35.2 Å². The van der Waals surface area contributed by atoms with Crippen LogP contribution in [0.4, 0.5) is 0 Å². The largest absolute Gasteiger partial charge is 0.456 e. The minimum Gasteiger partial charge on any atom is -0.456 e. The summed E-state index contributed by atoms with van der Waals surface area (Å²) < 4.78 is 10.2. The number of hydrogen-bond acceptors (Lipinski definition) is 6. The molecule has 0 radical (unpaired) electrons. The van der Waals surface area contributed by atoms with Gasteiger partial charge in [0.15, 0.2) is 6.61 Å². The standard InChI is InChI=1S/C20H24ClN3O4/c1-13-4-2-3-5-16(13)22-17(25)12-27-19(26)11-10-18-23-20(24-28-18)14-6-8-15(21)9-7-14/h6-9,13,16H,2-5,10-12H2,1H3,(H,22,25)/t13-,16-/m1/s1. The Bertz CT molecular complexity index is 806. The van der Waals surface area contributed by atoms with E-state index in [4.69, 9.17) is 20.9 Å². The van der Waals surface area contributed by atoms with Crippen LogP contribution in [0.25, 0.3) is 11.4 Å². The second-order valence-corrected chi connectivity index (χ2v) is 7.55. The van der Waals surface area contributed by atoms with E-state index in [1.165, 1.54) is 6.42 Å². The molecule has 2 aromatic rings. The highest BCUT2D eigenvalue weighted by molar-refractivity contribution is 6.30. The van der Waals surface area contributed by atoms with Crippen LogP contribution in [0.1, 0.15) is 44.9 Å². The van der Waals surface area contributed by atoms with Gasteiger partial charge in [-0.05, 0) is 43.0 Å². The fourth-order valence-electron chi connectivity index (χ4n) is 3.28. The number of aryl methyl sites for hydroxylation is 1. The first kappa shape index (κ1) is 20.3. The SMILES string of the molecule is C[C@@H]1CCCC[C@H]1NC(=O)COC(=O)CCc1nc(-c2ccc(Cl)cc2)no1. The van der Waals surface area contributed by atoms with Crippen molar-refractivity contribution >= 4 is 23.5 Å². The Kier molecular flexibility index (Phi) is 7.03. The van der Waals surface area contributed by atoms with Crippen molar-refractivity contribution in [1.29, 1.82) is 0 Å². The molecule has 1 aliphatic rings. The van der Waals surface area contributed by atoms with Crippen LogP contribution in [0.3, 0.4) is 0 Å². The summed E-state index contributed by atoms with van der Waals surface area (Å²) in [5, 5.41) is 7.47. The Labute approximate surface area is 168 Å². The lowest BCUT2D eigenvalue weighted by Crippen LogP contribution is -2.42. The van der Waals surface area contributed by atoms with E-state index in [2.05, 4.69) is 22.4 Å². The lowest BCUT2D eigenvalue weighted by atomic mass is 9.86. The molecule has 1 aromatic carbocycles. The first-order chi connectivity index (χ1) is 13.5. The van der Waals surface area contributed by atoms with E-state index < -0.39 is 5.97 Å². The molecule has 1 fully saturated rings. The van der Waals surface area contributed by atoms with Gasteiger partial charge in [-0.25, -0.2) is 0 Å². The highest BCUT2D eigenvalue weighted by atomic mass is 35.5. The zero-order chi connectivity index (χ0) is 19.9. The number of nitrogens with one attached hydrogen (secondary N) is 1. The second kappa shape index (κ2) is 9.68. The van der Waals surface area contributed by atoms with Crippen LogP contribution in [0, 0.1) is 5.92 Å². The summed E-state index contributed by atoms with van der Waals surface area (Å²) >= 11 is 5.86. The molecule has 2 atom stereocenters. The van der Waals surface area contributed by atoms with E-state index in [1.54, 1.807) is 24.3 Å². The predicted octanol–water partition coefficient (Wildman–Crippen LogP) is 3.56. The van der Waals surface area contributed by atoms with Crippen LogP contribution in [0.5, 0.6) is 0 Å². The number of benzene rings is 1. The molecule has 0 bridgehead atoms. The summed E-state index contributed by atoms with van der Waals surface area (Å²) in [6.07, 6.45) is 4.74. The van der Waals surface area contributed by atoms with E-state index in [1.807, 2.05) is 0 Å². The second-order valence-electron chi connectivity index (χ2n) is 7.12. The average molecular weight is 406 g/mol. The first-order valence-corrected chi connectivity index (χ1v) is 9.92. The van der Waals surface area contributed by atoms with E-state index >= 15 is 0 Å². The predicted molar refractivity (Wildman–Crippen MR) is 104 cm³/mol. The van der Waals surface area contributed by atoms with Gasteiger partial charge in [0.05, 0.1) is 6.42 Å². The highest BCUT2D eigenvalue weighted by Gasteiger charge is 2.23. The summed E-state index contributed by atoms with van der Waals surface area (Å²) in [7, 11) is 0. The minimum absolute atomic E-state index is 0.0648. The number of esters is 1. The molecule has 1 saturated carbocycles. The number of carbonyl (C=O) groups is 2. The lowest BCUT2D eigenvalue weighted by Gasteiger charge is -2.29. The van der Waals surface area contributed by atoms with Gasteiger partial charge in [-0.3, -0.25) is 9.59 Å². The molecule has 1 aliphatic carbocycles. The molecule has 1 aromatic heterocycles. The average Bonchev–Trinajstić information content (AvgIpc) is 3.16. The summed E-state index contributed by atoms with van der Waals surface area (Å²) in [5.74, 6) is 0.497.